The lowest BCUT2D eigenvalue weighted by atomic mass is 9.90. The summed E-state index contributed by atoms with van der Waals surface area (Å²) in [4.78, 5) is 31.2. The van der Waals surface area contributed by atoms with Crippen LogP contribution in [0.25, 0.3) is 223 Å². The Labute approximate surface area is 720 Å². The third-order valence-electron chi connectivity index (χ3n) is 23.5. The minimum Gasteiger partial charge on any atom is -0.247 e. The zero-order valence-corrected chi connectivity index (χ0v) is 67.7. The Morgan fingerprint density at radius 3 is 0.540 bits per heavy atom. The van der Waals surface area contributed by atoms with E-state index in [1.54, 1.807) is 0 Å². The lowest BCUT2D eigenvalue weighted by Gasteiger charge is -2.16. The lowest BCUT2D eigenvalue weighted by molar-refractivity contribution is 1.18. The van der Waals surface area contributed by atoms with Crippen molar-refractivity contribution in [1.82, 2.24) is 29.9 Å². The predicted octanol–water partition coefficient (Wildman–Crippen LogP) is 31.0. The first kappa shape index (κ1) is 75.0. The third-order valence-corrected chi connectivity index (χ3v) is 23.5. The maximum absolute atomic E-state index is 5.50. The second kappa shape index (κ2) is 33.7. The molecule has 0 aliphatic rings. The van der Waals surface area contributed by atoms with E-state index in [-0.39, 0.29) is 0 Å². The van der Waals surface area contributed by atoms with Gasteiger partial charge >= 0.3 is 0 Å². The van der Waals surface area contributed by atoms with E-state index in [2.05, 4.69) is 400 Å². The Hall–Kier alpha value is -16.5. The summed E-state index contributed by atoms with van der Waals surface area (Å²) >= 11 is 0. The quantitative estimate of drug-likeness (QED) is 0.0897. The van der Waals surface area contributed by atoms with Gasteiger partial charge in [-0.2, -0.15) is 0 Å². The molecule has 6 nitrogen and oxygen atoms in total. The molecule has 0 aliphatic heterocycles. The number of fused-ring (bicyclic) bond motifs is 6. The van der Waals surface area contributed by atoms with Gasteiger partial charge in [0.05, 0.1) is 45.2 Å². The molecule has 0 N–H and O–H groups in total. The Bertz CT molecular complexity index is 7000. The second-order valence-corrected chi connectivity index (χ2v) is 31.2. The van der Waals surface area contributed by atoms with Crippen molar-refractivity contribution in [2.75, 3.05) is 0 Å². The molecule has 0 fully saturated rings. The first-order chi connectivity index (χ1) is 61.4. The number of hydrogen-bond donors (Lipinski definition) is 0. The van der Waals surface area contributed by atoms with Crippen LogP contribution in [0.15, 0.2) is 473 Å². The molecule has 0 saturated carbocycles. The molecule has 0 spiro atoms. The van der Waals surface area contributed by atoms with Crippen molar-refractivity contribution in [2.24, 2.45) is 0 Å². The SMILES string of the molecule is c1ccc(-c2ccc(-c3cc4c(-c5ccc(-c6ccccc6)cc5)cc(-c5ccc(-c6cc(-c7ccccc7)nc(-c7ccccc7)n6)cc5)nc4c4ccccc34)cc2)cc1.c1ccc(-c2ccc(-c3cc4c(-c5ccc(-c6ccccc6)cc5)cc(-c5ccc(-c6nc(-c7ccccc7)cc(-c7ccccc7)n6)cc5)nc4c4ccccc34)cc2)cc1. The number of aromatic nitrogens is 6. The second-order valence-electron chi connectivity index (χ2n) is 31.2. The van der Waals surface area contributed by atoms with Crippen molar-refractivity contribution in [3.8, 4) is 179 Å². The highest BCUT2D eigenvalue weighted by molar-refractivity contribution is 6.18. The summed E-state index contributed by atoms with van der Waals surface area (Å²) in [5.41, 5.74) is 34.2. The maximum atomic E-state index is 5.50. The molecule has 580 valence electrons. The van der Waals surface area contributed by atoms with Crippen LogP contribution in [-0.2, 0) is 0 Å². The summed E-state index contributed by atoms with van der Waals surface area (Å²) in [6.45, 7) is 0. The molecule has 0 bridgehead atoms. The van der Waals surface area contributed by atoms with E-state index >= 15 is 0 Å². The van der Waals surface area contributed by atoms with Crippen LogP contribution in [0.2, 0.25) is 0 Å². The van der Waals surface area contributed by atoms with Crippen molar-refractivity contribution in [1.29, 1.82) is 0 Å². The molecule has 0 unspecified atom stereocenters. The van der Waals surface area contributed by atoms with Crippen molar-refractivity contribution < 1.29 is 0 Å². The van der Waals surface area contributed by atoms with Gasteiger partial charge in [-0.05, 0) is 136 Å². The summed E-state index contributed by atoms with van der Waals surface area (Å²) in [7, 11) is 0. The fourth-order valence-corrected chi connectivity index (χ4v) is 17.0. The minimum absolute atomic E-state index is 0.678. The molecule has 4 heterocycles. The van der Waals surface area contributed by atoms with Crippen LogP contribution in [0.3, 0.4) is 0 Å². The molecule has 22 rings (SSSR count). The van der Waals surface area contributed by atoms with Gasteiger partial charge in [0.1, 0.15) is 0 Å². The smallest absolute Gasteiger partial charge is 0.160 e. The van der Waals surface area contributed by atoms with Gasteiger partial charge in [0.15, 0.2) is 11.6 Å². The molecule has 0 amide bonds. The molecule has 0 saturated heterocycles. The molecule has 4 aromatic heterocycles. The van der Waals surface area contributed by atoms with Crippen LogP contribution in [0.1, 0.15) is 0 Å². The number of pyridine rings is 2. The first-order valence-electron chi connectivity index (χ1n) is 42.0. The van der Waals surface area contributed by atoms with Crippen molar-refractivity contribution in [2.45, 2.75) is 0 Å². The van der Waals surface area contributed by atoms with Crippen LogP contribution in [-0.4, -0.2) is 29.9 Å². The largest absolute Gasteiger partial charge is 0.247 e. The van der Waals surface area contributed by atoms with Gasteiger partial charge in [0.25, 0.3) is 0 Å². The predicted molar refractivity (Wildman–Crippen MR) is 517 cm³/mol. The van der Waals surface area contributed by atoms with Crippen LogP contribution >= 0.6 is 0 Å². The van der Waals surface area contributed by atoms with Gasteiger partial charge in [0.2, 0.25) is 0 Å². The number of rotatable bonds is 16. The normalized spacial score (nSPS) is 11.2. The average Bonchev–Trinajstić information content (AvgIpc) is 0.743. The third kappa shape index (κ3) is 15.4. The van der Waals surface area contributed by atoms with Gasteiger partial charge in [-0.15, -0.1) is 0 Å². The fraction of sp³-hybridized carbons (Fsp3) is 0. The van der Waals surface area contributed by atoms with E-state index in [9.17, 15) is 0 Å². The fourth-order valence-electron chi connectivity index (χ4n) is 17.0. The van der Waals surface area contributed by atoms with Gasteiger partial charge < -0.3 is 0 Å². The lowest BCUT2D eigenvalue weighted by Crippen LogP contribution is -1.96. The van der Waals surface area contributed by atoms with E-state index < -0.39 is 0 Å². The van der Waals surface area contributed by atoms with Crippen LogP contribution in [0.4, 0.5) is 0 Å². The molecule has 124 heavy (non-hydrogen) atoms. The molecule has 0 radical (unpaired) electrons. The Balaban J connectivity index is 0.000000152. The Morgan fingerprint density at radius 2 is 0.274 bits per heavy atom. The highest BCUT2D eigenvalue weighted by atomic mass is 14.9. The van der Waals surface area contributed by atoms with Crippen molar-refractivity contribution in [3.05, 3.63) is 473 Å². The molecular formula is C118H78N6. The van der Waals surface area contributed by atoms with E-state index in [0.717, 1.165) is 134 Å². The number of benzene rings is 18. The zero-order valence-electron chi connectivity index (χ0n) is 67.7. The topological polar surface area (TPSA) is 77.3 Å². The molecule has 6 heteroatoms. The Morgan fingerprint density at radius 1 is 0.105 bits per heavy atom. The van der Waals surface area contributed by atoms with Gasteiger partial charge in [-0.25, -0.2) is 29.9 Å². The first-order valence-corrected chi connectivity index (χ1v) is 42.0. The molecule has 0 atom stereocenters. The standard InChI is InChI=1S/2C59H39N3/c1-5-15-40(16-6-1)42-25-29-44(30-26-42)52-37-54-53(45-31-27-43(28-32-45)41-17-7-2-8-18-41)38-55(60-58(54)51-24-14-13-23-50(51)52)47-33-35-48(36-34-47)57-39-56(46-19-9-3-10-20-46)61-59(62-57)49-21-11-4-12-22-49;1-5-15-40(16-6-1)42-25-29-44(30-26-42)52-37-54-53(45-31-27-43(28-32-45)41-17-7-2-8-18-41)38-55(60-58(54)51-24-14-13-23-50(51)52)48-33-35-49(36-34-48)59-61-56(46-19-9-3-10-20-46)39-57(62-59)47-21-11-4-12-22-47/h2*1-39H. The number of hydrogen-bond acceptors (Lipinski definition) is 6. The van der Waals surface area contributed by atoms with E-state index in [1.807, 2.05) is 72.8 Å². The van der Waals surface area contributed by atoms with Crippen LogP contribution in [0.5, 0.6) is 0 Å². The molecule has 0 aliphatic carbocycles. The van der Waals surface area contributed by atoms with E-state index in [4.69, 9.17) is 29.9 Å². The summed E-state index contributed by atoms with van der Waals surface area (Å²) in [6.07, 6.45) is 0. The van der Waals surface area contributed by atoms with Crippen LogP contribution in [0, 0.1) is 0 Å². The van der Waals surface area contributed by atoms with E-state index in [0.29, 0.717) is 11.6 Å². The summed E-state index contributed by atoms with van der Waals surface area (Å²) < 4.78 is 0. The monoisotopic (exact) mass is 1580 g/mol. The Kier molecular flexibility index (Phi) is 20.4. The van der Waals surface area contributed by atoms with Gasteiger partial charge in [-0.3, -0.25) is 0 Å². The van der Waals surface area contributed by atoms with Crippen molar-refractivity contribution in [3.63, 3.8) is 0 Å². The summed E-state index contributed by atoms with van der Waals surface area (Å²) in [5, 5.41) is 6.80. The minimum atomic E-state index is 0.678. The highest BCUT2D eigenvalue weighted by Gasteiger charge is 2.22. The van der Waals surface area contributed by atoms with Gasteiger partial charge in [-0.1, -0.05) is 437 Å². The summed E-state index contributed by atoms with van der Waals surface area (Å²) in [6, 6.07) is 167. The zero-order chi connectivity index (χ0) is 82.5. The van der Waals surface area contributed by atoms with Crippen molar-refractivity contribution >= 4 is 43.4 Å². The van der Waals surface area contributed by atoms with Gasteiger partial charge in [0, 0.05) is 66.1 Å². The van der Waals surface area contributed by atoms with E-state index in [1.165, 1.54) is 77.5 Å². The molecule has 18 aromatic carbocycles. The maximum Gasteiger partial charge on any atom is 0.160 e. The number of nitrogens with zero attached hydrogens (tertiary/aromatic N) is 6. The summed E-state index contributed by atoms with van der Waals surface area (Å²) in [5.74, 6) is 1.38. The highest BCUT2D eigenvalue weighted by Crippen LogP contribution is 2.45. The van der Waals surface area contributed by atoms with Crippen LogP contribution < -0.4 is 0 Å². The average molecular weight is 1580 g/mol. The molecular weight excluding hydrogens is 1500 g/mol. The molecule has 22 aromatic rings.